The molecule has 5 heteroatoms. The smallest absolute Gasteiger partial charge is 0.249 e. The Bertz CT molecular complexity index is 619. The molecule has 2 saturated heterocycles. The van der Waals surface area contributed by atoms with Crippen molar-refractivity contribution in [1.82, 2.24) is 10.2 Å². The Balaban J connectivity index is 1.54. The highest BCUT2D eigenvalue weighted by atomic mass is 16.5. The number of fused-ring (bicyclic) bond motifs is 1. The summed E-state index contributed by atoms with van der Waals surface area (Å²) in [6.45, 7) is 6.11. The van der Waals surface area contributed by atoms with Crippen molar-refractivity contribution in [3.05, 3.63) is 29.8 Å². The molecule has 1 aromatic rings. The summed E-state index contributed by atoms with van der Waals surface area (Å²) in [7, 11) is 0. The summed E-state index contributed by atoms with van der Waals surface area (Å²) in [4.78, 5) is 15.1. The number of benzene rings is 1. The molecule has 0 bridgehead atoms. The van der Waals surface area contributed by atoms with Crippen molar-refractivity contribution in [2.24, 2.45) is 0 Å². The molecule has 3 aliphatic heterocycles. The minimum absolute atomic E-state index is 0.00910. The molecule has 1 aromatic carbocycles. The van der Waals surface area contributed by atoms with E-state index in [-0.39, 0.29) is 23.7 Å². The predicted octanol–water partition coefficient (Wildman–Crippen LogP) is 2.66. The number of hydrogen-bond acceptors (Lipinski definition) is 4. The molecular formula is C20H28N2O3. The molecule has 25 heavy (non-hydrogen) atoms. The number of nitrogens with zero attached hydrogens (tertiary/aromatic N) is 1. The lowest BCUT2D eigenvalue weighted by Gasteiger charge is -2.47. The van der Waals surface area contributed by atoms with Gasteiger partial charge < -0.3 is 19.7 Å². The molecule has 0 unspecified atom stereocenters. The van der Waals surface area contributed by atoms with Crippen LogP contribution in [0, 0.1) is 0 Å². The molecule has 2 fully saturated rings. The summed E-state index contributed by atoms with van der Waals surface area (Å²) < 4.78 is 12.0. The number of carbonyl (C=O) groups is 1. The van der Waals surface area contributed by atoms with E-state index in [0.29, 0.717) is 6.61 Å². The van der Waals surface area contributed by atoms with E-state index >= 15 is 0 Å². The topological polar surface area (TPSA) is 50.8 Å². The molecule has 2 atom stereocenters. The third-order valence-electron chi connectivity index (χ3n) is 5.95. The molecule has 1 amide bonds. The number of carbonyl (C=O) groups excluding carboxylic acids is 1. The average Bonchev–Trinajstić information content (AvgIpc) is 3.17. The minimum atomic E-state index is -0.284. The van der Waals surface area contributed by atoms with Crippen LogP contribution in [0.15, 0.2) is 24.3 Å². The number of rotatable bonds is 3. The Morgan fingerprint density at radius 1 is 1.32 bits per heavy atom. The van der Waals surface area contributed by atoms with Crippen LogP contribution in [0.3, 0.4) is 0 Å². The lowest BCUT2D eigenvalue weighted by atomic mass is 9.80. The van der Waals surface area contributed by atoms with E-state index < -0.39 is 0 Å². The van der Waals surface area contributed by atoms with Crippen LogP contribution in [-0.2, 0) is 9.53 Å². The SMILES string of the molecule is CCN1CCC2(CC1)C[C@@H](NC(=O)[C@H]1CCCO1)c1ccccc1O2. The van der Waals surface area contributed by atoms with Crippen LogP contribution < -0.4 is 10.1 Å². The van der Waals surface area contributed by atoms with Crippen LogP contribution >= 0.6 is 0 Å². The molecule has 4 rings (SSSR count). The highest BCUT2D eigenvalue weighted by Gasteiger charge is 2.43. The van der Waals surface area contributed by atoms with Crippen LogP contribution in [-0.4, -0.2) is 48.8 Å². The third-order valence-corrected chi connectivity index (χ3v) is 5.95. The van der Waals surface area contributed by atoms with Crippen molar-refractivity contribution >= 4 is 5.91 Å². The molecular weight excluding hydrogens is 316 g/mol. The second kappa shape index (κ2) is 6.96. The molecule has 1 N–H and O–H groups in total. The van der Waals surface area contributed by atoms with Crippen molar-refractivity contribution in [1.29, 1.82) is 0 Å². The highest BCUT2D eigenvalue weighted by Crippen LogP contribution is 2.44. The molecule has 1 spiro atoms. The fourth-order valence-electron chi connectivity index (χ4n) is 4.38. The van der Waals surface area contributed by atoms with E-state index in [9.17, 15) is 4.79 Å². The van der Waals surface area contributed by atoms with Crippen LogP contribution in [0.4, 0.5) is 0 Å². The third kappa shape index (κ3) is 3.40. The molecule has 0 aliphatic carbocycles. The standard InChI is InChI=1S/C20H28N2O3/c1-2-22-11-9-20(10-12-22)14-16(15-6-3-4-7-17(15)25-20)21-19(23)18-8-5-13-24-18/h3-4,6-7,16,18H,2,5,8-14H2,1H3,(H,21,23)/t16-,18-/m1/s1. The summed E-state index contributed by atoms with van der Waals surface area (Å²) in [5.41, 5.74) is 0.937. The van der Waals surface area contributed by atoms with Crippen LogP contribution in [0.5, 0.6) is 5.75 Å². The van der Waals surface area contributed by atoms with Gasteiger partial charge in [0.05, 0.1) is 6.04 Å². The van der Waals surface area contributed by atoms with Crippen molar-refractivity contribution in [2.45, 2.75) is 56.8 Å². The summed E-state index contributed by atoms with van der Waals surface area (Å²) in [6.07, 6.45) is 4.39. The Morgan fingerprint density at radius 2 is 2.12 bits per heavy atom. The fraction of sp³-hybridized carbons (Fsp3) is 0.650. The largest absolute Gasteiger partial charge is 0.487 e. The number of para-hydroxylation sites is 1. The zero-order valence-corrected chi connectivity index (χ0v) is 15.0. The van der Waals surface area contributed by atoms with Crippen LogP contribution in [0.1, 0.15) is 50.6 Å². The van der Waals surface area contributed by atoms with E-state index in [4.69, 9.17) is 9.47 Å². The quantitative estimate of drug-likeness (QED) is 0.916. The number of ether oxygens (including phenoxy) is 2. The van der Waals surface area contributed by atoms with Gasteiger partial charge in [0.25, 0.3) is 0 Å². The lowest BCUT2D eigenvalue weighted by molar-refractivity contribution is -0.131. The number of hydrogen-bond donors (Lipinski definition) is 1. The van der Waals surface area contributed by atoms with Crippen molar-refractivity contribution in [2.75, 3.05) is 26.2 Å². The normalized spacial score (nSPS) is 28.4. The van der Waals surface area contributed by atoms with Gasteiger partial charge in [0, 0.05) is 31.7 Å². The van der Waals surface area contributed by atoms with E-state index in [0.717, 1.165) is 63.1 Å². The van der Waals surface area contributed by atoms with Gasteiger partial charge in [-0.2, -0.15) is 0 Å². The van der Waals surface area contributed by atoms with E-state index in [2.05, 4.69) is 23.2 Å². The van der Waals surface area contributed by atoms with Gasteiger partial charge in [0.1, 0.15) is 17.5 Å². The van der Waals surface area contributed by atoms with Gasteiger partial charge in [-0.05, 0) is 38.3 Å². The Kier molecular flexibility index (Phi) is 4.69. The number of likely N-dealkylation sites (tertiary alicyclic amines) is 1. The average molecular weight is 344 g/mol. The van der Waals surface area contributed by atoms with Gasteiger partial charge >= 0.3 is 0 Å². The van der Waals surface area contributed by atoms with Gasteiger partial charge in [0.2, 0.25) is 5.91 Å². The Labute approximate surface area is 149 Å². The fourth-order valence-corrected chi connectivity index (χ4v) is 4.38. The molecule has 0 radical (unpaired) electrons. The van der Waals surface area contributed by atoms with Crippen LogP contribution in [0.25, 0.3) is 0 Å². The maximum Gasteiger partial charge on any atom is 0.249 e. The van der Waals surface area contributed by atoms with Gasteiger partial charge in [-0.15, -0.1) is 0 Å². The zero-order valence-electron chi connectivity index (χ0n) is 15.0. The van der Waals surface area contributed by atoms with E-state index in [1.807, 2.05) is 18.2 Å². The number of nitrogens with one attached hydrogen (secondary N) is 1. The predicted molar refractivity (Wildman–Crippen MR) is 95.6 cm³/mol. The van der Waals surface area contributed by atoms with Crippen LogP contribution in [0.2, 0.25) is 0 Å². The second-order valence-corrected chi connectivity index (χ2v) is 7.52. The van der Waals surface area contributed by atoms with Crippen molar-refractivity contribution in [3.63, 3.8) is 0 Å². The maximum atomic E-state index is 12.6. The van der Waals surface area contributed by atoms with Crippen molar-refractivity contribution < 1.29 is 14.3 Å². The zero-order chi connectivity index (χ0) is 17.3. The molecule has 0 saturated carbocycles. The first-order valence-electron chi connectivity index (χ1n) is 9.61. The monoisotopic (exact) mass is 344 g/mol. The second-order valence-electron chi connectivity index (χ2n) is 7.52. The molecule has 0 aromatic heterocycles. The van der Waals surface area contributed by atoms with E-state index in [1.165, 1.54) is 0 Å². The van der Waals surface area contributed by atoms with Gasteiger partial charge in [-0.25, -0.2) is 0 Å². The summed E-state index contributed by atoms with van der Waals surface area (Å²) in [6, 6.07) is 8.15. The maximum absolute atomic E-state index is 12.6. The summed E-state index contributed by atoms with van der Waals surface area (Å²) in [5, 5.41) is 3.26. The minimum Gasteiger partial charge on any atom is -0.487 e. The number of amides is 1. The van der Waals surface area contributed by atoms with E-state index in [1.54, 1.807) is 0 Å². The molecule has 3 heterocycles. The van der Waals surface area contributed by atoms with Gasteiger partial charge in [-0.1, -0.05) is 25.1 Å². The Hall–Kier alpha value is -1.59. The summed E-state index contributed by atoms with van der Waals surface area (Å²) in [5.74, 6) is 0.955. The first-order valence-corrected chi connectivity index (χ1v) is 9.61. The highest BCUT2D eigenvalue weighted by molar-refractivity contribution is 5.81. The lowest BCUT2D eigenvalue weighted by Crippen LogP contribution is -2.52. The summed E-state index contributed by atoms with van der Waals surface area (Å²) >= 11 is 0. The molecule has 3 aliphatic rings. The number of piperidine rings is 1. The van der Waals surface area contributed by atoms with Crippen molar-refractivity contribution in [3.8, 4) is 5.75 Å². The molecule has 5 nitrogen and oxygen atoms in total. The van der Waals surface area contributed by atoms with Gasteiger partial charge in [0.15, 0.2) is 0 Å². The first-order chi connectivity index (χ1) is 12.2. The Morgan fingerprint density at radius 3 is 2.84 bits per heavy atom. The molecule has 136 valence electrons. The first kappa shape index (κ1) is 16.9. The van der Waals surface area contributed by atoms with Gasteiger partial charge in [-0.3, -0.25) is 4.79 Å².